The molecule has 3 rings (SSSR count). The fraction of sp³-hybridized carbons (Fsp3) is 0.750. The zero-order valence-corrected chi connectivity index (χ0v) is 17.9. The lowest BCUT2D eigenvalue weighted by Gasteiger charge is -2.32. The molecule has 1 aromatic rings. The van der Waals surface area contributed by atoms with E-state index >= 15 is 0 Å². The number of aromatic nitrogens is 2. The van der Waals surface area contributed by atoms with E-state index in [0.29, 0.717) is 43.8 Å². The van der Waals surface area contributed by atoms with E-state index in [0.717, 1.165) is 31.4 Å². The fourth-order valence-electron chi connectivity index (χ4n) is 3.32. The topological polar surface area (TPSA) is 110 Å². The molecule has 0 radical (unpaired) electrons. The Bertz CT molecular complexity index is 695. The molecule has 1 aromatic heterocycles. The Morgan fingerprint density at radius 2 is 1.93 bits per heavy atom. The summed E-state index contributed by atoms with van der Waals surface area (Å²) in [6.45, 7) is 1.93. The van der Waals surface area contributed by atoms with Crippen molar-refractivity contribution in [2.75, 3.05) is 37.8 Å². The Morgan fingerprint density at radius 3 is 2.52 bits per heavy atom. The van der Waals surface area contributed by atoms with Crippen LogP contribution in [0.15, 0.2) is 6.07 Å². The van der Waals surface area contributed by atoms with E-state index in [1.54, 1.807) is 11.4 Å². The largest absolute Gasteiger partial charge is 0.377 e. The third-order valence-electron chi connectivity index (χ3n) is 4.78. The summed E-state index contributed by atoms with van der Waals surface area (Å²) in [6, 6.07) is 2.14. The zero-order valence-electron chi connectivity index (χ0n) is 15.5. The number of ether oxygens (including phenoxy) is 1. The highest BCUT2D eigenvalue weighted by molar-refractivity contribution is 7.89. The number of anilines is 1. The van der Waals surface area contributed by atoms with Crippen LogP contribution < -0.4 is 11.1 Å². The van der Waals surface area contributed by atoms with Crippen LogP contribution in [0.5, 0.6) is 0 Å². The second kappa shape index (κ2) is 10.7. The Balaban J connectivity index is 0.00000182. The minimum atomic E-state index is -3.19. The molecule has 156 valence electrons. The maximum atomic E-state index is 12.3. The molecular formula is C16H29Cl2N5O3S. The van der Waals surface area contributed by atoms with E-state index in [4.69, 9.17) is 10.5 Å². The molecule has 0 bridgehead atoms. The van der Waals surface area contributed by atoms with Crippen LogP contribution >= 0.6 is 24.8 Å². The van der Waals surface area contributed by atoms with Crippen molar-refractivity contribution in [1.29, 1.82) is 0 Å². The van der Waals surface area contributed by atoms with Gasteiger partial charge >= 0.3 is 0 Å². The van der Waals surface area contributed by atoms with Gasteiger partial charge in [0.25, 0.3) is 0 Å². The molecule has 1 saturated heterocycles. The van der Waals surface area contributed by atoms with Crippen molar-refractivity contribution in [2.45, 2.75) is 44.2 Å². The number of hydrogen-bond donors (Lipinski definition) is 2. The van der Waals surface area contributed by atoms with Gasteiger partial charge in [0.2, 0.25) is 10.0 Å². The molecule has 0 atom stereocenters. The molecule has 11 heteroatoms. The van der Waals surface area contributed by atoms with E-state index in [1.165, 1.54) is 0 Å². The third kappa shape index (κ3) is 6.40. The SMILES string of the molecule is COCc1nc(NCCS(=O)(=O)N2CCCC2)cc(C2CC(N)C2)n1.Cl.Cl. The molecule has 1 aliphatic carbocycles. The van der Waals surface area contributed by atoms with Crippen LogP contribution in [0.2, 0.25) is 0 Å². The number of hydrogen-bond acceptors (Lipinski definition) is 7. The van der Waals surface area contributed by atoms with Crippen molar-refractivity contribution in [3.63, 3.8) is 0 Å². The Labute approximate surface area is 173 Å². The van der Waals surface area contributed by atoms with E-state index in [-0.39, 0.29) is 36.6 Å². The standard InChI is InChI=1S/C16H27N5O3S.2ClH/c1-24-11-16-19-14(12-8-13(17)9-12)10-15(20-16)18-4-7-25(22,23)21-5-2-3-6-21;;/h10,12-13H,2-9,11,17H2,1H3,(H,18,19,20);2*1H. The summed E-state index contributed by atoms with van der Waals surface area (Å²) in [5, 5.41) is 3.13. The first-order chi connectivity index (χ1) is 12.0. The van der Waals surface area contributed by atoms with Gasteiger partial charge in [-0.3, -0.25) is 0 Å². The van der Waals surface area contributed by atoms with Crippen LogP contribution in [-0.4, -0.2) is 61.2 Å². The number of nitrogens with two attached hydrogens (primary N) is 1. The normalized spacial score (nSPS) is 22.4. The molecule has 0 amide bonds. The predicted octanol–water partition coefficient (Wildman–Crippen LogP) is 1.51. The molecule has 0 aromatic carbocycles. The van der Waals surface area contributed by atoms with Gasteiger partial charge < -0.3 is 15.8 Å². The lowest BCUT2D eigenvalue weighted by atomic mass is 9.78. The summed E-state index contributed by atoms with van der Waals surface area (Å²) >= 11 is 0. The third-order valence-corrected chi connectivity index (χ3v) is 6.66. The highest BCUT2D eigenvalue weighted by atomic mass is 35.5. The Morgan fingerprint density at radius 1 is 1.26 bits per heavy atom. The lowest BCUT2D eigenvalue weighted by Crippen LogP contribution is -2.35. The lowest BCUT2D eigenvalue weighted by molar-refractivity contribution is 0.177. The molecule has 0 spiro atoms. The highest BCUT2D eigenvalue weighted by Gasteiger charge is 2.29. The van der Waals surface area contributed by atoms with Gasteiger partial charge in [0, 0.05) is 50.5 Å². The minimum Gasteiger partial charge on any atom is -0.377 e. The average molecular weight is 442 g/mol. The molecule has 2 fully saturated rings. The van der Waals surface area contributed by atoms with Gasteiger partial charge in [0.05, 0.1) is 5.75 Å². The van der Waals surface area contributed by atoms with Crippen LogP contribution in [-0.2, 0) is 21.4 Å². The van der Waals surface area contributed by atoms with Crippen LogP contribution in [0, 0.1) is 0 Å². The van der Waals surface area contributed by atoms with Crippen molar-refractivity contribution in [1.82, 2.24) is 14.3 Å². The second-order valence-corrected chi connectivity index (χ2v) is 8.89. The highest BCUT2D eigenvalue weighted by Crippen LogP contribution is 2.35. The molecule has 3 N–H and O–H groups in total. The van der Waals surface area contributed by atoms with Crippen LogP contribution in [0.25, 0.3) is 0 Å². The van der Waals surface area contributed by atoms with Gasteiger partial charge in [-0.2, -0.15) is 0 Å². The number of rotatable bonds is 8. The van der Waals surface area contributed by atoms with Crippen molar-refractivity contribution >= 4 is 40.7 Å². The van der Waals surface area contributed by atoms with E-state index in [2.05, 4.69) is 15.3 Å². The summed E-state index contributed by atoms with van der Waals surface area (Å²) in [5.74, 6) is 1.67. The van der Waals surface area contributed by atoms with Gasteiger partial charge in [-0.15, -0.1) is 24.8 Å². The van der Waals surface area contributed by atoms with Gasteiger partial charge in [0.1, 0.15) is 12.4 Å². The molecule has 27 heavy (non-hydrogen) atoms. The number of sulfonamides is 1. The molecule has 2 aliphatic rings. The molecule has 1 saturated carbocycles. The van der Waals surface area contributed by atoms with Gasteiger partial charge in [-0.25, -0.2) is 22.7 Å². The Hall–Kier alpha value is -0.710. The van der Waals surface area contributed by atoms with Gasteiger partial charge in [-0.05, 0) is 25.7 Å². The maximum absolute atomic E-state index is 12.3. The van der Waals surface area contributed by atoms with Crippen molar-refractivity contribution in [3.05, 3.63) is 17.6 Å². The van der Waals surface area contributed by atoms with Crippen molar-refractivity contribution in [3.8, 4) is 0 Å². The number of methoxy groups -OCH3 is 1. The quantitative estimate of drug-likeness (QED) is 0.628. The summed E-state index contributed by atoms with van der Waals surface area (Å²) < 4.78 is 31.3. The number of nitrogens with one attached hydrogen (secondary N) is 1. The van der Waals surface area contributed by atoms with E-state index < -0.39 is 10.0 Å². The Kier molecular flexibility index (Phi) is 9.67. The first-order valence-electron chi connectivity index (χ1n) is 8.82. The van der Waals surface area contributed by atoms with Crippen molar-refractivity contribution in [2.24, 2.45) is 5.73 Å². The first kappa shape index (κ1) is 24.3. The molecule has 2 heterocycles. The summed E-state index contributed by atoms with van der Waals surface area (Å²) in [6.07, 6.45) is 3.75. The monoisotopic (exact) mass is 441 g/mol. The average Bonchev–Trinajstić information content (AvgIpc) is 3.07. The van der Waals surface area contributed by atoms with Crippen LogP contribution in [0.1, 0.15) is 43.1 Å². The molecule has 0 unspecified atom stereocenters. The fourth-order valence-corrected chi connectivity index (χ4v) is 4.75. The maximum Gasteiger partial charge on any atom is 0.215 e. The molecule has 8 nitrogen and oxygen atoms in total. The van der Waals surface area contributed by atoms with Gasteiger partial charge in [0.15, 0.2) is 5.82 Å². The predicted molar refractivity (Wildman–Crippen MR) is 110 cm³/mol. The first-order valence-corrected chi connectivity index (χ1v) is 10.4. The van der Waals surface area contributed by atoms with E-state index in [1.807, 2.05) is 6.07 Å². The van der Waals surface area contributed by atoms with Gasteiger partial charge in [-0.1, -0.05) is 0 Å². The second-order valence-electron chi connectivity index (χ2n) is 6.80. The van der Waals surface area contributed by atoms with Crippen molar-refractivity contribution < 1.29 is 13.2 Å². The zero-order chi connectivity index (χ0) is 17.9. The molecular weight excluding hydrogens is 413 g/mol. The smallest absolute Gasteiger partial charge is 0.215 e. The number of nitrogens with zero attached hydrogens (tertiary/aromatic N) is 3. The molecule has 1 aliphatic heterocycles. The summed E-state index contributed by atoms with van der Waals surface area (Å²) in [4.78, 5) is 8.95. The summed E-state index contributed by atoms with van der Waals surface area (Å²) in [7, 11) is -1.59. The van der Waals surface area contributed by atoms with E-state index in [9.17, 15) is 8.42 Å². The summed E-state index contributed by atoms with van der Waals surface area (Å²) in [5.41, 5.74) is 6.83. The minimum absolute atomic E-state index is 0. The number of halogens is 2. The van der Waals surface area contributed by atoms with Crippen LogP contribution in [0.3, 0.4) is 0 Å². The van der Waals surface area contributed by atoms with Crippen LogP contribution in [0.4, 0.5) is 5.82 Å².